The van der Waals surface area contributed by atoms with Crippen LogP contribution in [0.5, 0.6) is 0 Å². The second-order valence-electron chi connectivity index (χ2n) is 5.99. The molecule has 0 spiro atoms. The van der Waals surface area contributed by atoms with Gasteiger partial charge in [0.25, 0.3) is 5.91 Å². The number of hydrogen-bond acceptors (Lipinski definition) is 6. The molecule has 0 aromatic carbocycles. The van der Waals surface area contributed by atoms with Gasteiger partial charge in [0.15, 0.2) is 17.2 Å². The van der Waals surface area contributed by atoms with Gasteiger partial charge >= 0.3 is 0 Å². The van der Waals surface area contributed by atoms with E-state index in [1.807, 2.05) is 0 Å². The molecule has 1 amide bonds. The van der Waals surface area contributed by atoms with E-state index in [0.717, 1.165) is 32.4 Å². The summed E-state index contributed by atoms with van der Waals surface area (Å²) in [4.78, 5) is 16.5. The first-order valence-electron chi connectivity index (χ1n) is 8.04. The Balaban J connectivity index is 1.45. The van der Waals surface area contributed by atoms with Crippen molar-refractivity contribution in [1.29, 1.82) is 0 Å². The van der Waals surface area contributed by atoms with Gasteiger partial charge in [0.2, 0.25) is 0 Å². The van der Waals surface area contributed by atoms with Crippen LogP contribution in [-0.4, -0.2) is 36.2 Å². The molecule has 1 aromatic heterocycles. The molecule has 1 saturated heterocycles. The van der Waals surface area contributed by atoms with Gasteiger partial charge in [-0.3, -0.25) is 4.79 Å². The van der Waals surface area contributed by atoms with Gasteiger partial charge < -0.3 is 15.1 Å². The second-order valence-corrected chi connectivity index (χ2v) is 5.99. The van der Waals surface area contributed by atoms with Crippen molar-refractivity contribution >= 4 is 5.91 Å². The lowest BCUT2D eigenvalue weighted by molar-refractivity contribution is 0.0947. The van der Waals surface area contributed by atoms with E-state index >= 15 is 0 Å². The van der Waals surface area contributed by atoms with Crippen molar-refractivity contribution < 1.29 is 9.21 Å². The number of carbonyl (C=O) groups excluding carboxylic acids is 1. The van der Waals surface area contributed by atoms with Crippen LogP contribution in [0.25, 0.3) is 0 Å². The highest BCUT2D eigenvalue weighted by molar-refractivity contribution is 5.91. The fourth-order valence-corrected chi connectivity index (χ4v) is 2.78. The maximum atomic E-state index is 12.1. The Morgan fingerprint density at radius 3 is 2.91 bits per heavy atom. The summed E-state index contributed by atoms with van der Waals surface area (Å²) in [5, 5.41) is 14.2. The summed E-state index contributed by atoms with van der Waals surface area (Å²) in [6, 6.07) is 0. The molecule has 2 N–H and O–H groups in total. The van der Waals surface area contributed by atoms with Gasteiger partial charge in [-0.2, -0.15) is 10.2 Å². The molecule has 0 atom stereocenters. The number of amides is 1. The van der Waals surface area contributed by atoms with E-state index in [4.69, 9.17) is 10.8 Å². The Bertz CT molecular complexity index is 619. The maximum absolute atomic E-state index is 12.1. The third-order valence-electron chi connectivity index (χ3n) is 4.31. The van der Waals surface area contributed by atoms with E-state index in [1.165, 1.54) is 6.26 Å². The van der Waals surface area contributed by atoms with Crippen LogP contribution in [0.4, 0.5) is 0 Å². The SMILES string of the molecule is C#CCCC1(CCNC(=O)c2coc(C3CCNCC3)n2)N=N1. The molecule has 3 rings (SSSR count). The van der Waals surface area contributed by atoms with Crippen LogP contribution >= 0.6 is 0 Å². The van der Waals surface area contributed by atoms with Crippen molar-refractivity contribution in [3.05, 3.63) is 17.8 Å². The molecule has 2 aliphatic heterocycles. The minimum atomic E-state index is -0.371. The van der Waals surface area contributed by atoms with E-state index in [0.29, 0.717) is 36.9 Å². The molecule has 7 heteroatoms. The maximum Gasteiger partial charge on any atom is 0.273 e. The standard InChI is InChI=1S/C16H21N5O2/c1-2-3-6-16(20-21-16)7-10-18-14(22)13-11-23-15(19-13)12-4-8-17-9-5-12/h1,11-12,17H,3-10H2,(H,18,22). The van der Waals surface area contributed by atoms with E-state index in [-0.39, 0.29) is 11.6 Å². The number of hydrogen-bond donors (Lipinski definition) is 2. The molecule has 1 aromatic rings. The molecule has 0 unspecified atom stereocenters. The fraction of sp³-hybridized carbons (Fsp3) is 0.625. The Labute approximate surface area is 135 Å². The lowest BCUT2D eigenvalue weighted by atomic mass is 9.98. The first kappa shape index (κ1) is 15.7. The summed E-state index contributed by atoms with van der Waals surface area (Å²) < 4.78 is 5.48. The summed E-state index contributed by atoms with van der Waals surface area (Å²) in [7, 11) is 0. The van der Waals surface area contributed by atoms with Crippen molar-refractivity contribution in [2.24, 2.45) is 10.2 Å². The largest absolute Gasteiger partial charge is 0.448 e. The van der Waals surface area contributed by atoms with Crippen molar-refractivity contribution in [2.45, 2.75) is 43.7 Å². The molecule has 1 fully saturated rings. The number of nitrogens with one attached hydrogen (secondary N) is 2. The molecule has 2 aliphatic rings. The van der Waals surface area contributed by atoms with Crippen LogP contribution in [-0.2, 0) is 0 Å². The van der Waals surface area contributed by atoms with Gasteiger partial charge in [-0.1, -0.05) is 0 Å². The number of rotatable bonds is 7. The zero-order valence-corrected chi connectivity index (χ0v) is 13.0. The van der Waals surface area contributed by atoms with E-state index in [9.17, 15) is 4.79 Å². The molecule has 0 aliphatic carbocycles. The highest BCUT2D eigenvalue weighted by atomic mass is 16.3. The molecule has 0 bridgehead atoms. The normalized spacial score (nSPS) is 19.3. The van der Waals surface area contributed by atoms with E-state index in [1.54, 1.807) is 0 Å². The average Bonchev–Trinajstić information content (AvgIpc) is 3.17. The number of nitrogens with zero attached hydrogens (tertiary/aromatic N) is 3. The summed E-state index contributed by atoms with van der Waals surface area (Å²) in [5.41, 5.74) is -0.0371. The summed E-state index contributed by atoms with van der Waals surface area (Å²) >= 11 is 0. The average molecular weight is 315 g/mol. The van der Waals surface area contributed by atoms with Gasteiger partial charge in [-0.05, 0) is 25.9 Å². The van der Waals surface area contributed by atoms with Crippen molar-refractivity contribution in [2.75, 3.05) is 19.6 Å². The van der Waals surface area contributed by atoms with Crippen LogP contribution in [0.2, 0.25) is 0 Å². The second kappa shape index (κ2) is 6.92. The number of oxazole rings is 1. The smallest absolute Gasteiger partial charge is 0.273 e. The molecular formula is C16H21N5O2. The Morgan fingerprint density at radius 2 is 2.22 bits per heavy atom. The fourth-order valence-electron chi connectivity index (χ4n) is 2.78. The molecule has 0 saturated carbocycles. The minimum absolute atomic E-state index is 0.221. The van der Waals surface area contributed by atoms with E-state index in [2.05, 4.69) is 31.8 Å². The Hall–Kier alpha value is -2.20. The van der Waals surface area contributed by atoms with Crippen LogP contribution in [0, 0.1) is 12.3 Å². The molecular weight excluding hydrogens is 294 g/mol. The van der Waals surface area contributed by atoms with Gasteiger partial charge in [0.1, 0.15) is 6.26 Å². The topological polar surface area (TPSA) is 91.9 Å². The van der Waals surface area contributed by atoms with Gasteiger partial charge in [-0.15, -0.1) is 12.3 Å². The van der Waals surface area contributed by atoms with Crippen molar-refractivity contribution in [3.63, 3.8) is 0 Å². The number of terminal acetylenes is 1. The Kier molecular flexibility index (Phi) is 4.72. The summed E-state index contributed by atoms with van der Waals surface area (Å²) in [6.07, 6.45) is 10.7. The first-order chi connectivity index (χ1) is 11.2. The monoisotopic (exact) mass is 315 g/mol. The van der Waals surface area contributed by atoms with Crippen LogP contribution < -0.4 is 10.6 Å². The zero-order valence-electron chi connectivity index (χ0n) is 13.0. The molecule has 7 nitrogen and oxygen atoms in total. The van der Waals surface area contributed by atoms with Gasteiger partial charge in [-0.25, -0.2) is 4.98 Å². The van der Waals surface area contributed by atoms with Crippen molar-refractivity contribution in [1.82, 2.24) is 15.6 Å². The number of piperidine rings is 1. The number of aromatic nitrogens is 1. The van der Waals surface area contributed by atoms with Crippen LogP contribution in [0.1, 0.15) is 54.4 Å². The third-order valence-corrected chi connectivity index (χ3v) is 4.31. The molecule has 23 heavy (non-hydrogen) atoms. The van der Waals surface area contributed by atoms with Crippen LogP contribution in [0.15, 0.2) is 20.9 Å². The quantitative estimate of drug-likeness (QED) is 0.751. The molecule has 0 radical (unpaired) electrons. The predicted octanol–water partition coefficient (Wildman–Crippen LogP) is 1.84. The lowest BCUT2D eigenvalue weighted by Crippen LogP contribution is -2.29. The minimum Gasteiger partial charge on any atom is -0.448 e. The first-order valence-corrected chi connectivity index (χ1v) is 8.04. The van der Waals surface area contributed by atoms with Gasteiger partial charge in [0.05, 0.1) is 0 Å². The zero-order chi connectivity index (χ0) is 16.1. The predicted molar refractivity (Wildman–Crippen MR) is 84.0 cm³/mol. The molecule has 122 valence electrons. The highest BCUT2D eigenvalue weighted by Crippen LogP contribution is 2.36. The lowest BCUT2D eigenvalue weighted by Gasteiger charge is -2.19. The molecule has 3 heterocycles. The van der Waals surface area contributed by atoms with Crippen molar-refractivity contribution in [3.8, 4) is 12.3 Å². The number of carbonyl (C=O) groups is 1. The van der Waals surface area contributed by atoms with Gasteiger partial charge in [0, 0.05) is 31.7 Å². The summed E-state index contributed by atoms with van der Waals surface area (Å²) in [5.74, 6) is 3.33. The highest BCUT2D eigenvalue weighted by Gasteiger charge is 2.38. The third kappa shape index (κ3) is 3.96. The van der Waals surface area contributed by atoms with Crippen LogP contribution in [0.3, 0.4) is 0 Å². The Morgan fingerprint density at radius 1 is 1.43 bits per heavy atom. The summed E-state index contributed by atoms with van der Waals surface area (Å²) in [6.45, 7) is 2.41. The van der Waals surface area contributed by atoms with E-state index < -0.39 is 0 Å².